The van der Waals surface area contributed by atoms with Crippen LogP contribution in [0, 0.1) is 17.8 Å². The first-order valence-corrected chi connectivity index (χ1v) is 11.8. The largest absolute Gasteiger partial charge is 0.466 e. The Hall–Kier alpha value is -0.830. The number of hydrogen-bond acceptors (Lipinski definition) is 3. The molecule has 3 nitrogen and oxygen atoms in total. The van der Waals surface area contributed by atoms with Crippen LogP contribution >= 0.6 is 0 Å². The third kappa shape index (κ3) is 18.5. The number of esters is 1. The van der Waals surface area contributed by atoms with E-state index in [9.17, 15) is 4.79 Å². The van der Waals surface area contributed by atoms with E-state index in [2.05, 4.69) is 40.7 Å². The molecule has 1 N–H and O–H groups in total. The van der Waals surface area contributed by atoms with Crippen molar-refractivity contribution in [2.45, 2.75) is 112 Å². The number of carbonyl (C=O) groups excluding carboxylic acids is 1. The van der Waals surface area contributed by atoms with Crippen LogP contribution in [0.3, 0.4) is 0 Å². The van der Waals surface area contributed by atoms with Crippen molar-refractivity contribution in [1.82, 2.24) is 0 Å². The van der Waals surface area contributed by atoms with Gasteiger partial charge in [-0.3, -0.25) is 4.79 Å². The third-order valence-electron chi connectivity index (χ3n) is 5.55. The maximum Gasteiger partial charge on any atom is 0.306 e. The predicted molar refractivity (Wildman–Crippen MR) is 120 cm³/mol. The molecule has 0 saturated heterocycles. The van der Waals surface area contributed by atoms with E-state index < -0.39 is 0 Å². The van der Waals surface area contributed by atoms with Gasteiger partial charge in [0, 0.05) is 19.4 Å². The van der Waals surface area contributed by atoms with Gasteiger partial charge in [-0.25, -0.2) is 0 Å². The molecule has 0 spiro atoms. The van der Waals surface area contributed by atoms with E-state index in [-0.39, 0.29) is 12.6 Å². The van der Waals surface area contributed by atoms with Gasteiger partial charge in [-0.2, -0.15) is 0 Å². The van der Waals surface area contributed by atoms with E-state index in [1.54, 1.807) is 0 Å². The minimum atomic E-state index is -0.162. The molecule has 0 aromatic carbocycles. The zero-order valence-corrected chi connectivity index (χ0v) is 19.5. The maximum atomic E-state index is 11.5. The Kier molecular flexibility index (Phi) is 17.7. The summed E-state index contributed by atoms with van der Waals surface area (Å²) in [5.41, 5.74) is 1.38. The van der Waals surface area contributed by atoms with Crippen LogP contribution in [0.5, 0.6) is 0 Å². The Labute approximate surface area is 175 Å². The fourth-order valence-corrected chi connectivity index (χ4v) is 3.57. The molecule has 0 saturated carbocycles. The zero-order valence-electron chi connectivity index (χ0n) is 19.5. The smallest absolute Gasteiger partial charge is 0.306 e. The van der Waals surface area contributed by atoms with E-state index in [0.29, 0.717) is 19.4 Å². The Morgan fingerprint density at radius 3 is 2.00 bits per heavy atom. The highest BCUT2D eigenvalue weighted by atomic mass is 16.5. The molecule has 0 aliphatic rings. The van der Waals surface area contributed by atoms with Crippen LogP contribution in [-0.2, 0) is 9.53 Å². The van der Waals surface area contributed by atoms with Crippen molar-refractivity contribution in [2.24, 2.45) is 17.8 Å². The Morgan fingerprint density at radius 2 is 1.43 bits per heavy atom. The van der Waals surface area contributed by atoms with Crippen molar-refractivity contribution in [2.75, 3.05) is 13.2 Å². The highest BCUT2D eigenvalue weighted by Gasteiger charge is 2.07. The van der Waals surface area contributed by atoms with E-state index in [1.165, 1.54) is 56.9 Å². The van der Waals surface area contributed by atoms with E-state index in [1.807, 2.05) is 0 Å². The second-order valence-electron chi connectivity index (χ2n) is 9.25. The summed E-state index contributed by atoms with van der Waals surface area (Å²) in [5.74, 6) is 2.38. The number of aliphatic hydroxyl groups excluding tert-OH is 1. The fourth-order valence-electron chi connectivity index (χ4n) is 3.57. The molecule has 0 heterocycles. The van der Waals surface area contributed by atoms with Crippen LogP contribution in [0.15, 0.2) is 11.6 Å². The molecule has 0 radical (unpaired) electrons. The number of rotatable bonds is 18. The van der Waals surface area contributed by atoms with Gasteiger partial charge in [0.05, 0.1) is 6.61 Å². The fraction of sp³-hybridized carbons (Fsp3) is 0.880. The van der Waals surface area contributed by atoms with Gasteiger partial charge in [-0.05, 0) is 43.9 Å². The third-order valence-corrected chi connectivity index (χ3v) is 5.55. The van der Waals surface area contributed by atoms with E-state index in [0.717, 1.165) is 30.6 Å². The molecule has 3 heteroatoms. The molecule has 0 aliphatic carbocycles. The van der Waals surface area contributed by atoms with Crippen LogP contribution in [0.1, 0.15) is 112 Å². The summed E-state index contributed by atoms with van der Waals surface area (Å²) in [6.07, 6.45) is 15.9. The average molecular weight is 397 g/mol. The summed E-state index contributed by atoms with van der Waals surface area (Å²) in [4.78, 5) is 11.5. The minimum absolute atomic E-state index is 0.0715. The SMILES string of the molecule is CC(=CCCC(=O)OCCCO)CCCC(C)CCCC(C)CCCC(C)C. The first kappa shape index (κ1) is 27.2. The lowest BCUT2D eigenvalue weighted by Crippen LogP contribution is -2.06. The highest BCUT2D eigenvalue weighted by molar-refractivity contribution is 5.69. The van der Waals surface area contributed by atoms with Crippen molar-refractivity contribution >= 4 is 5.97 Å². The van der Waals surface area contributed by atoms with Crippen molar-refractivity contribution in [1.29, 1.82) is 0 Å². The highest BCUT2D eigenvalue weighted by Crippen LogP contribution is 2.22. The molecule has 0 aliphatic heterocycles. The molecular weight excluding hydrogens is 348 g/mol. The van der Waals surface area contributed by atoms with Crippen molar-refractivity contribution < 1.29 is 14.6 Å². The lowest BCUT2D eigenvalue weighted by molar-refractivity contribution is -0.143. The standard InChI is InChI=1S/C25H48O3/c1-21(2)11-6-12-22(3)13-7-14-23(4)15-8-16-24(5)17-9-18-25(27)28-20-10-19-26/h17,21-23,26H,6-16,18-20H2,1-5H3. The molecule has 0 bridgehead atoms. The van der Waals surface area contributed by atoms with Gasteiger partial charge < -0.3 is 9.84 Å². The number of ether oxygens (including phenoxy) is 1. The van der Waals surface area contributed by atoms with Gasteiger partial charge in [0.1, 0.15) is 0 Å². The van der Waals surface area contributed by atoms with Crippen LogP contribution in [-0.4, -0.2) is 24.3 Å². The predicted octanol–water partition coefficient (Wildman–Crippen LogP) is 7.08. The molecule has 0 aromatic rings. The number of hydrogen-bond donors (Lipinski definition) is 1. The molecule has 166 valence electrons. The normalized spacial score (nSPS) is 14.3. The van der Waals surface area contributed by atoms with Crippen LogP contribution in [0.4, 0.5) is 0 Å². The van der Waals surface area contributed by atoms with Crippen molar-refractivity contribution in [3.63, 3.8) is 0 Å². The molecule has 2 atom stereocenters. The monoisotopic (exact) mass is 396 g/mol. The molecule has 28 heavy (non-hydrogen) atoms. The van der Waals surface area contributed by atoms with Gasteiger partial charge in [-0.15, -0.1) is 0 Å². The molecule has 0 aromatic heterocycles. The first-order chi connectivity index (χ1) is 13.3. The summed E-state index contributed by atoms with van der Waals surface area (Å²) < 4.78 is 5.03. The summed E-state index contributed by atoms with van der Waals surface area (Å²) in [7, 11) is 0. The minimum Gasteiger partial charge on any atom is -0.466 e. The lowest BCUT2D eigenvalue weighted by Gasteiger charge is -2.15. The van der Waals surface area contributed by atoms with Crippen molar-refractivity contribution in [3.8, 4) is 0 Å². The van der Waals surface area contributed by atoms with Crippen LogP contribution < -0.4 is 0 Å². The molecular formula is C25H48O3. The quantitative estimate of drug-likeness (QED) is 0.153. The Balaban J connectivity index is 3.67. The molecule has 0 fully saturated rings. The van der Waals surface area contributed by atoms with Crippen LogP contribution in [0.2, 0.25) is 0 Å². The first-order valence-electron chi connectivity index (χ1n) is 11.8. The summed E-state index contributed by atoms with van der Waals surface area (Å²) in [5, 5.41) is 8.67. The summed E-state index contributed by atoms with van der Waals surface area (Å²) in [6.45, 7) is 12.0. The lowest BCUT2D eigenvalue weighted by atomic mass is 9.91. The van der Waals surface area contributed by atoms with E-state index >= 15 is 0 Å². The van der Waals surface area contributed by atoms with Gasteiger partial charge in [-0.1, -0.05) is 84.3 Å². The van der Waals surface area contributed by atoms with Gasteiger partial charge in [0.2, 0.25) is 0 Å². The average Bonchev–Trinajstić information content (AvgIpc) is 2.61. The molecule has 2 unspecified atom stereocenters. The Morgan fingerprint density at radius 1 is 0.857 bits per heavy atom. The summed E-state index contributed by atoms with van der Waals surface area (Å²) in [6, 6.07) is 0. The van der Waals surface area contributed by atoms with Crippen molar-refractivity contribution in [3.05, 3.63) is 11.6 Å². The van der Waals surface area contributed by atoms with Crippen LogP contribution in [0.25, 0.3) is 0 Å². The van der Waals surface area contributed by atoms with Gasteiger partial charge >= 0.3 is 5.97 Å². The number of aliphatic hydroxyl groups is 1. The Bertz CT molecular complexity index is 401. The molecule has 0 amide bonds. The maximum absolute atomic E-state index is 11.5. The number of carbonyl (C=O) groups is 1. The zero-order chi connectivity index (χ0) is 21.2. The topological polar surface area (TPSA) is 46.5 Å². The van der Waals surface area contributed by atoms with E-state index in [4.69, 9.17) is 9.84 Å². The second kappa shape index (κ2) is 18.2. The number of allylic oxidation sites excluding steroid dienone is 2. The molecule has 0 rings (SSSR count). The second-order valence-corrected chi connectivity index (χ2v) is 9.25. The van der Waals surface area contributed by atoms with Gasteiger partial charge in [0.25, 0.3) is 0 Å². The summed E-state index contributed by atoms with van der Waals surface area (Å²) >= 11 is 0. The van der Waals surface area contributed by atoms with Gasteiger partial charge in [0.15, 0.2) is 0 Å².